The molecule has 0 aliphatic carbocycles. The van der Waals surface area contributed by atoms with Crippen LogP contribution in [0.1, 0.15) is 42.9 Å². The van der Waals surface area contributed by atoms with E-state index in [9.17, 15) is 15.2 Å². The van der Waals surface area contributed by atoms with Gasteiger partial charge in [-0.05, 0) is 67.7 Å². The number of nitrogens with zero attached hydrogens (tertiary/aromatic N) is 3. The van der Waals surface area contributed by atoms with Gasteiger partial charge in [-0.15, -0.1) is 0 Å². The van der Waals surface area contributed by atoms with Gasteiger partial charge in [-0.1, -0.05) is 30.7 Å². The van der Waals surface area contributed by atoms with Crippen molar-refractivity contribution >= 4 is 5.84 Å². The smallest absolute Gasteiger partial charge is 0.259 e. The van der Waals surface area contributed by atoms with Gasteiger partial charge in [-0.25, -0.2) is 0 Å². The van der Waals surface area contributed by atoms with Crippen molar-refractivity contribution in [3.05, 3.63) is 69.8 Å². The number of hydrogen-bond donors (Lipinski definition) is 2. The molecular formula is C26H36N4O5. The molecule has 35 heavy (non-hydrogen) atoms. The number of piperidine rings is 1. The number of hydrogen-bond acceptors (Lipinski definition) is 7. The van der Waals surface area contributed by atoms with Gasteiger partial charge in [0.1, 0.15) is 11.5 Å². The molecule has 0 radical (unpaired) electrons. The second-order valence-corrected chi connectivity index (χ2v) is 8.68. The van der Waals surface area contributed by atoms with Crippen LogP contribution in [0, 0.1) is 10.1 Å². The Morgan fingerprint density at radius 2 is 1.94 bits per heavy atom. The van der Waals surface area contributed by atoms with E-state index in [1.807, 2.05) is 12.1 Å². The topological polar surface area (TPSA) is 109 Å². The van der Waals surface area contributed by atoms with Crippen molar-refractivity contribution in [3.8, 4) is 11.5 Å². The predicted molar refractivity (Wildman–Crippen MR) is 136 cm³/mol. The molecule has 0 bridgehead atoms. The maximum absolute atomic E-state index is 11.0. The van der Waals surface area contributed by atoms with Crippen LogP contribution in [0.4, 0.5) is 0 Å². The first-order valence-corrected chi connectivity index (χ1v) is 12.2. The van der Waals surface area contributed by atoms with Crippen LogP contribution in [0.2, 0.25) is 0 Å². The summed E-state index contributed by atoms with van der Waals surface area (Å²) in [5, 5.41) is 24.4. The van der Waals surface area contributed by atoms with Crippen LogP contribution in [-0.2, 0) is 6.54 Å². The van der Waals surface area contributed by atoms with E-state index < -0.39 is 17.6 Å². The van der Waals surface area contributed by atoms with E-state index >= 15 is 0 Å². The number of benzene rings is 2. The van der Waals surface area contributed by atoms with Crippen LogP contribution in [0.5, 0.6) is 11.5 Å². The average Bonchev–Trinajstić information content (AvgIpc) is 2.87. The Kier molecular flexibility index (Phi) is 10.8. The summed E-state index contributed by atoms with van der Waals surface area (Å²) in [6.45, 7) is 3.84. The lowest BCUT2D eigenvalue weighted by atomic mass is 10.1. The summed E-state index contributed by atoms with van der Waals surface area (Å²) >= 11 is 0. The number of nitrogens with one attached hydrogen (secondary N) is 1. The van der Waals surface area contributed by atoms with Crippen LogP contribution in [0.15, 0.2) is 53.5 Å². The molecule has 9 heteroatoms. The third-order valence-electron chi connectivity index (χ3n) is 5.91. The number of likely N-dealkylation sites (tertiary alicyclic amines) is 1. The van der Waals surface area contributed by atoms with Crippen molar-refractivity contribution in [3.63, 3.8) is 0 Å². The Hall–Kier alpha value is -3.17. The zero-order valence-electron chi connectivity index (χ0n) is 20.4. The Labute approximate surface area is 206 Å². The molecule has 2 aromatic carbocycles. The standard InChI is InChI=1S/C26H36N4O5/c1-34-23-11-9-22(10-12-23)25(31)18-28-26(20-30(32)33)27-13-6-16-35-24-8-5-7-21(17-24)19-29-14-3-2-4-15-29/h5,7-12,17,25,31H,2-4,6,13-16,18-20H2,1H3,(H,27,28). The first-order chi connectivity index (χ1) is 17.0. The fourth-order valence-corrected chi connectivity index (χ4v) is 4.02. The van der Waals surface area contributed by atoms with E-state index in [1.54, 1.807) is 31.4 Å². The molecule has 1 aliphatic heterocycles. The van der Waals surface area contributed by atoms with Gasteiger partial charge in [0.2, 0.25) is 0 Å². The molecule has 2 aromatic rings. The summed E-state index contributed by atoms with van der Waals surface area (Å²) in [7, 11) is 1.57. The number of methoxy groups -OCH3 is 1. The SMILES string of the molecule is COc1ccc(C(O)CN=C(C[N+](=O)[O-])NCCCOc2cccc(CN3CCCCC3)c2)cc1. The van der Waals surface area contributed by atoms with Gasteiger partial charge in [-0.3, -0.25) is 20.0 Å². The molecule has 9 nitrogen and oxygen atoms in total. The molecule has 0 saturated carbocycles. The zero-order chi connectivity index (χ0) is 24.9. The first-order valence-electron chi connectivity index (χ1n) is 12.2. The highest BCUT2D eigenvalue weighted by Crippen LogP contribution is 2.19. The third-order valence-corrected chi connectivity index (χ3v) is 5.91. The number of rotatable bonds is 13. The molecule has 3 rings (SSSR count). The summed E-state index contributed by atoms with van der Waals surface area (Å²) in [6, 6.07) is 15.2. The van der Waals surface area contributed by atoms with Gasteiger partial charge in [0, 0.05) is 18.0 Å². The van der Waals surface area contributed by atoms with Crippen LogP contribution in [-0.4, -0.2) is 67.2 Å². The molecule has 0 spiro atoms. The van der Waals surface area contributed by atoms with E-state index in [0.29, 0.717) is 30.9 Å². The molecule has 2 N–H and O–H groups in total. The Morgan fingerprint density at radius 1 is 1.17 bits per heavy atom. The molecule has 190 valence electrons. The fraction of sp³-hybridized carbons (Fsp3) is 0.500. The van der Waals surface area contributed by atoms with Gasteiger partial charge >= 0.3 is 0 Å². The second-order valence-electron chi connectivity index (χ2n) is 8.68. The van der Waals surface area contributed by atoms with Crippen molar-refractivity contribution in [1.29, 1.82) is 0 Å². The van der Waals surface area contributed by atoms with Crippen LogP contribution in [0.25, 0.3) is 0 Å². The summed E-state index contributed by atoms with van der Waals surface area (Å²) in [6.07, 6.45) is 3.67. The van der Waals surface area contributed by atoms with E-state index in [4.69, 9.17) is 9.47 Å². The summed E-state index contributed by atoms with van der Waals surface area (Å²) in [5.41, 5.74) is 1.92. The van der Waals surface area contributed by atoms with Crippen molar-refractivity contribution in [1.82, 2.24) is 10.2 Å². The molecule has 1 saturated heterocycles. The molecule has 1 aliphatic rings. The van der Waals surface area contributed by atoms with Gasteiger partial charge < -0.3 is 19.9 Å². The molecule has 0 amide bonds. The van der Waals surface area contributed by atoms with E-state index in [-0.39, 0.29) is 12.4 Å². The lowest BCUT2D eigenvalue weighted by Gasteiger charge is -2.26. The van der Waals surface area contributed by atoms with Crippen molar-refractivity contribution in [2.75, 3.05) is 46.4 Å². The van der Waals surface area contributed by atoms with E-state index in [1.165, 1.54) is 24.8 Å². The molecule has 1 atom stereocenters. The highest BCUT2D eigenvalue weighted by molar-refractivity contribution is 5.83. The molecule has 0 aromatic heterocycles. The highest BCUT2D eigenvalue weighted by Gasteiger charge is 2.12. The number of ether oxygens (including phenoxy) is 2. The largest absolute Gasteiger partial charge is 0.497 e. The van der Waals surface area contributed by atoms with Crippen molar-refractivity contribution < 1.29 is 19.5 Å². The number of aliphatic hydroxyl groups excluding tert-OH is 1. The minimum Gasteiger partial charge on any atom is -0.497 e. The average molecular weight is 485 g/mol. The van der Waals surface area contributed by atoms with Gasteiger partial charge in [0.15, 0.2) is 5.84 Å². The minimum atomic E-state index is -0.856. The molecule has 1 unspecified atom stereocenters. The lowest BCUT2D eigenvalue weighted by molar-refractivity contribution is -0.463. The maximum atomic E-state index is 11.0. The molecular weight excluding hydrogens is 448 g/mol. The normalized spacial score (nSPS) is 15.4. The fourth-order valence-electron chi connectivity index (χ4n) is 4.02. The highest BCUT2D eigenvalue weighted by atomic mass is 16.6. The number of amidine groups is 1. The predicted octanol–water partition coefficient (Wildman–Crippen LogP) is 3.45. The van der Waals surface area contributed by atoms with Gasteiger partial charge in [0.25, 0.3) is 6.54 Å². The summed E-state index contributed by atoms with van der Waals surface area (Å²) < 4.78 is 11.0. The van der Waals surface area contributed by atoms with Crippen LogP contribution in [0.3, 0.4) is 0 Å². The molecule has 1 fully saturated rings. The summed E-state index contributed by atoms with van der Waals surface area (Å²) in [5.74, 6) is 1.77. The van der Waals surface area contributed by atoms with E-state index in [2.05, 4.69) is 27.3 Å². The first kappa shape index (κ1) is 26.4. The number of aliphatic imine (C=N–C) groups is 1. The minimum absolute atomic E-state index is 0.0306. The monoisotopic (exact) mass is 484 g/mol. The Balaban J connectivity index is 1.42. The van der Waals surface area contributed by atoms with Crippen molar-refractivity contribution in [2.45, 2.75) is 38.3 Å². The van der Waals surface area contributed by atoms with Gasteiger partial charge in [-0.2, -0.15) is 0 Å². The molecule has 1 heterocycles. The lowest BCUT2D eigenvalue weighted by Crippen LogP contribution is -2.32. The second kappa shape index (κ2) is 14.3. The quantitative estimate of drug-likeness (QED) is 0.147. The Bertz CT molecular complexity index is 945. The third kappa shape index (κ3) is 9.54. The number of aliphatic hydroxyl groups is 1. The van der Waals surface area contributed by atoms with Crippen molar-refractivity contribution in [2.24, 2.45) is 4.99 Å². The van der Waals surface area contributed by atoms with Crippen LogP contribution < -0.4 is 14.8 Å². The summed E-state index contributed by atoms with van der Waals surface area (Å²) in [4.78, 5) is 17.3. The Morgan fingerprint density at radius 3 is 2.66 bits per heavy atom. The van der Waals surface area contributed by atoms with Gasteiger partial charge in [0.05, 0.1) is 26.4 Å². The maximum Gasteiger partial charge on any atom is 0.259 e. The van der Waals surface area contributed by atoms with Crippen LogP contribution >= 0.6 is 0 Å². The zero-order valence-corrected chi connectivity index (χ0v) is 20.4. The number of nitro groups is 1. The van der Waals surface area contributed by atoms with E-state index in [0.717, 1.165) is 25.4 Å².